The van der Waals surface area contributed by atoms with Crippen molar-refractivity contribution < 1.29 is 27.6 Å². The molecule has 3 aromatic rings. The van der Waals surface area contributed by atoms with E-state index < -0.39 is 22.6 Å². The van der Waals surface area contributed by atoms with Crippen LogP contribution in [0.1, 0.15) is 15.9 Å². The van der Waals surface area contributed by atoms with Crippen molar-refractivity contribution in [3.8, 4) is 5.75 Å². The number of hydrogen-bond donors (Lipinski definition) is 1. The molecule has 0 aliphatic carbocycles. The monoisotopic (exact) mass is 448 g/mol. The van der Waals surface area contributed by atoms with E-state index in [2.05, 4.69) is 5.32 Å². The minimum Gasteiger partial charge on any atom is -0.495 e. The van der Waals surface area contributed by atoms with Crippen LogP contribution in [0.3, 0.4) is 0 Å². The maximum Gasteiger partial charge on any atom is 0.416 e. The zero-order valence-corrected chi connectivity index (χ0v) is 16.8. The molecule has 6 nitrogen and oxygen atoms in total. The van der Waals surface area contributed by atoms with Gasteiger partial charge in [-0.3, -0.25) is 14.9 Å². The first-order chi connectivity index (χ1) is 14.7. The molecule has 0 radical (unpaired) electrons. The summed E-state index contributed by atoms with van der Waals surface area (Å²) in [4.78, 5) is 24.6. The van der Waals surface area contributed by atoms with Crippen molar-refractivity contribution in [3.05, 3.63) is 88.0 Å². The Bertz CT molecular complexity index is 1120. The Balaban J connectivity index is 1.90. The summed E-state index contributed by atoms with van der Waals surface area (Å²) in [6, 6.07) is 15.5. The number of amides is 1. The van der Waals surface area contributed by atoms with E-state index in [-0.39, 0.29) is 22.7 Å². The van der Waals surface area contributed by atoms with Crippen molar-refractivity contribution in [1.82, 2.24) is 0 Å². The predicted octanol–water partition coefficient (Wildman–Crippen LogP) is 6.03. The summed E-state index contributed by atoms with van der Waals surface area (Å²) in [5.74, 6) is -0.788. The Labute approximate surface area is 179 Å². The van der Waals surface area contributed by atoms with Gasteiger partial charge >= 0.3 is 6.18 Å². The first-order valence-electron chi connectivity index (χ1n) is 8.77. The number of carbonyl (C=O) groups is 1. The third-order valence-electron chi connectivity index (χ3n) is 4.16. The maximum atomic E-state index is 13.0. The Morgan fingerprint density at radius 3 is 2.39 bits per heavy atom. The summed E-state index contributed by atoms with van der Waals surface area (Å²) in [7, 11) is 1.25. The molecule has 10 heteroatoms. The van der Waals surface area contributed by atoms with E-state index in [0.717, 1.165) is 40.9 Å². The smallest absolute Gasteiger partial charge is 0.416 e. The molecule has 0 spiro atoms. The van der Waals surface area contributed by atoms with Crippen molar-refractivity contribution in [3.63, 3.8) is 0 Å². The van der Waals surface area contributed by atoms with Gasteiger partial charge in [0.15, 0.2) is 0 Å². The zero-order chi connectivity index (χ0) is 22.6. The largest absolute Gasteiger partial charge is 0.495 e. The van der Waals surface area contributed by atoms with Gasteiger partial charge in [0.05, 0.1) is 28.2 Å². The number of ether oxygens (including phenoxy) is 1. The van der Waals surface area contributed by atoms with E-state index in [1.807, 2.05) is 6.07 Å². The highest BCUT2D eigenvalue weighted by Gasteiger charge is 2.31. The molecule has 31 heavy (non-hydrogen) atoms. The summed E-state index contributed by atoms with van der Waals surface area (Å²) < 4.78 is 44.0. The second-order valence-electron chi connectivity index (χ2n) is 6.22. The average molecular weight is 448 g/mol. The van der Waals surface area contributed by atoms with E-state index in [1.54, 1.807) is 24.3 Å². The third kappa shape index (κ3) is 5.34. The number of nitro groups is 1. The van der Waals surface area contributed by atoms with Gasteiger partial charge in [0, 0.05) is 16.5 Å². The van der Waals surface area contributed by atoms with E-state index >= 15 is 0 Å². The van der Waals surface area contributed by atoms with Crippen LogP contribution in [0.25, 0.3) is 0 Å². The fourth-order valence-electron chi connectivity index (χ4n) is 2.68. The quantitative estimate of drug-likeness (QED) is 0.368. The highest BCUT2D eigenvalue weighted by Crippen LogP contribution is 2.37. The van der Waals surface area contributed by atoms with Crippen molar-refractivity contribution in [2.24, 2.45) is 0 Å². The van der Waals surface area contributed by atoms with Gasteiger partial charge in [-0.15, -0.1) is 0 Å². The molecule has 0 saturated heterocycles. The summed E-state index contributed by atoms with van der Waals surface area (Å²) >= 11 is 1.16. The van der Waals surface area contributed by atoms with Crippen LogP contribution in [0.2, 0.25) is 0 Å². The molecule has 0 fully saturated rings. The lowest BCUT2D eigenvalue weighted by Gasteiger charge is -2.14. The molecule has 1 amide bonds. The number of halogens is 3. The number of nitrogens with one attached hydrogen (secondary N) is 1. The number of nitrogens with zero attached hydrogens (tertiary/aromatic N) is 1. The maximum absolute atomic E-state index is 13.0. The number of nitro benzene ring substituents is 1. The second-order valence-corrected chi connectivity index (χ2v) is 7.34. The number of hydrogen-bond acceptors (Lipinski definition) is 5. The topological polar surface area (TPSA) is 81.5 Å². The number of rotatable bonds is 6. The average Bonchev–Trinajstić information content (AvgIpc) is 2.73. The van der Waals surface area contributed by atoms with Gasteiger partial charge in [-0.1, -0.05) is 30.0 Å². The molecule has 0 bridgehead atoms. The molecule has 3 aromatic carbocycles. The van der Waals surface area contributed by atoms with E-state index in [4.69, 9.17) is 4.74 Å². The van der Waals surface area contributed by atoms with Gasteiger partial charge < -0.3 is 10.1 Å². The molecule has 0 aliphatic rings. The summed E-state index contributed by atoms with van der Waals surface area (Å²) in [5, 5.41) is 13.8. The predicted molar refractivity (Wildman–Crippen MR) is 110 cm³/mol. The molecular formula is C21H15F3N2O4S. The van der Waals surface area contributed by atoms with Crippen LogP contribution >= 0.6 is 11.8 Å². The molecular weight excluding hydrogens is 433 g/mol. The minimum atomic E-state index is -4.61. The fourth-order valence-corrected chi connectivity index (χ4v) is 3.60. The van der Waals surface area contributed by atoms with Gasteiger partial charge in [0.25, 0.3) is 11.6 Å². The van der Waals surface area contributed by atoms with Gasteiger partial charge in [-0.25, -0.2) is 0 Å². The van der Waals surface area contributed by atoms with Crippen LogP contribution in [0.4, 0.5) is 24.5 Å². The number of methoxy groups -OCH3 is 1. The van der Waals surface area contributed by atoms with Gasteiger partial charge in [0.1, 0.15) is 5.75 Å². The van der Waals surface area contributed by atoms with E-state index in [9.17, 15) is 28.1 Å². The second kappa shape index (κ2) is 9.09. The molecule has 0 unspecified atom stereocenters. The highest BCUT2D eigenvalue weighted by molar-refractivity contribution is 7.99. The number of anilines is 1. The summed E-state index contributed by atoms with van der Waals surface area (Å²) in [6.45, 7) is 0. The molecule has 0 aliphatic heterocycles. The molecule has 3 rings (SSSR count). The summed E-state index contributed by atoms with van der Waals surface area (Å²) in [6.07, 6.45) is -4.61. The lowest BCUT2D eigenvalue weighted by molar-refractivity contribution is -0.387. The number of alkyl halides is 3. The standard InChI is InChI=1S/C21H15F3N2O4S/c1-30-18-9-8-14(21(22,23)24)12-16(18)25-20(27)13-7-10-19(17(11-13)26(28)29)31-15-5-3-2-4-6-15/h2-12H,1H3,(H,25,27). The first kappa shape index (κ1) is 22.2. The van der Waals surface area contributed by atoms with Crippen LogP contribution in [-0.4, -0.2) is 17.9 Å². The first-order valence-corrected chi connectivity index (χ1v) is 9.58. The summed E-state index contributed by atoms with van der Waals surface area (Å²) in [5.41, 5.74) is -1.54. The molecule has 0 saturated carbocycles. The molecule has 0 heterocycles. The van der Waals surface area contributed by atoms with Crippen molar-refractivity contribution in [2.75, 3.05) is 12.4 Å². The van der Waals surface area contributed by atoms with Crippen LogP contribution in [0.5, 0.6) is 5.75 Å². The molecule has 160 valence electrons. The van der Waals surface area contributed by atoms with Crippen molar-refractivity contribution in [1.29, 1.82) is 0 Å². The Kier molecular flexibility index (Phi) is 6.50. The fraction of sp³-hybridized carbons (Fsp3) is 0.0952. The SMILES string of the molecule is COc1ccc(C(F)(F)F)cc1NC(=O)c1ccc(Sc2ccccc2)c([N+](=O)[O-])c1. The van der Waals surface area contributed by atoms with E-state index in [0.29, 0.717) is 4.90 Å². The van der Waals surface area contributed by atoms with Crippen molar-refractivity contribution >= 4 is 29.0 Å². The Hall–Kier alpha value is -3.53. The minimum absolute atomic E-state index is 0.0205. The molecule has 0 aromatic heterocycles. The zero-order valence-electron chi connectivity index (χ0n) is 16.0. The molecule has 0 atom stereocenters. The highest BCUT2D eigenvalue weighted by atomic mass is 32.2. The Morgan fingerprint density at radius 2 is 1.77 bits per heavy atom. The van der Waals surface area contributed by atoms with E-state index in [1.165, 1.54) is 19.2 Å². The van der Waals surface area contributed by atoms with Gasteiger partial charge in [-0.2, -0.15) is 13.2 Å². The van der Waals surface area contributed by atoms with Gasteiger partial charge in [-0.05, 0) is 42.5 Å². The normalized spacial score (nSPS) is 11.1. The lowest BCUT2D eigenvalue weighted by Crippen LogP contribution is -2.14. The molecule has 1 N–H and O–H groups in total. The van der Waals surface area contributed by atoms with Crippen LogP contribution < -0.4 is 10.1 Å². The Morgan fingerprint density at radius 1 is 1.06 bits per heavy atom. The van der Waals surface area contributed by atoms with Crippen molar-refractivity contribution in [2.45, 2.75) is 16.0 Å². The number of carbonyl (C=O) groups excluding carboxylic acids is 1. The third-order valence-corrected chi connectivity index (χ3v) is 5.24. The van der Waals surface area contributed by atoms with Crippen LogP contribution in [0, 0.1) is 10.1 Å². The van der Waals surface area contributed by atoms with Crippen LogP contribution in [0.15, 0.2) is 76.5 Å². The van der Waals surface area contributed by atoms with Gasteiger partial charge in [0.2, 0.25) is 0 Å². The lowest BCUT2D eigenvalue weighted by atomic mass is 10.1. The van der Waals surface area contributed by atoms with Crippen LogP contribution in [-0.2, 0) is 6.18 Å². The number of benzene rings is 3.